The number of nitro groups is 1. The van der Waals surface area contributed by atoms with E-state index in [0.29, 0.717) is 6.54 Å². The van der Waals surface area contributed by atoms with Gasteiger partial charge in [-0.05, 0) is 36.6 Å². The maximum atomic E-state index is 12.8. The number of para-hydroxylation sites is 1. The Balaban J connectivity index is 1.81. The Morgan fingerprint density at radius 3 is 2.59 bits per heavy atom. The number of carbonyl (C=O) groups is 1. The molecule has 142 valence electrons. The van der Waals surface area contributed by atoms with Gasteiger partial charge in [0.15, 0.2) is 5.75 Å². The molecular weight excluding hydrogens is 346 g/mol. The fraction of sp³-hybridized carbons (Fsp3) is 0.350. The van der Waals surface area contributed by atoms with Crippen molar-refractivity contribution < 1.29 is 14.5 Å². The summed E-state index contributed by atoms with van der Waals surface area (Å²) >= 11 is 0. The molecule has 0 saturated carbocycles. The number of hydrogen-bond donors (Lipinski definition) is 0. The molecule has 0 radical (unpaired) electrons. The van der Waals surface area contributed by atoms with Gasteiger partial charge >= 0.3 is 5.69 Å². The van der Waals surface area contributed by atoms with E-state index in [4.69, 9.17) is 4.74 Å². The fourth-order valence-corrected chi connectivity index (χ4v) is 3.42. The first-order valence-electron chi connectivity index (χ1n) is 8.92. The van der Waals surface area contributed by atoms with Gasteiger partial charge in [-0.3, -0.25) is 14.9 Å². The van der Waals surface area contributed by atoms with Crippen molar-refractivity contribution in [3.8, 4) is 5.75 Å². The molecule has 1 fully saturated rings. The summed E-state index contributed by atoms with van der Waals surface area (Å²) in [7, 11) is 3.07. The first kappa shape index (κ1) is 18.7. The van der Waals surface area contributed by atoms with E-state index in [1.807, 2.05) is 18.2 Å². The van der Waals surface area contributed by atoms with E-state index in [9.17, 15) is 14.9 Å². The molecule has 3 rings (SSSR count). The van der Waals surface area contributed by atoms with Crippen LogP contribution in [0.3, 0.4) is 0 Å². The Bertz CT molecular complexity index is 847. The average molecular weight is 369 g/mol. The molecule has 7 heteroatoms. The molecule has 1 aliphatic heterocycles. The molecule has 1 amide bonds. The van der Waals surface area contributed by atoms with Gasteiger partial charge in [0.1, 0.15) is 0 Å². The Labute approximate surface area is 158 Å². The summed E-state index contributed by atoms with van der Waals surface area (Å²) in [4.78, 5) is 27.4. The van der Waals surface area contributed by atoms with Crippen LogP contribution >= 0.6 is 0 Å². The second-order valence-electron chi connectivity index (χ2n) is 6.63. The van der Waals surface area contributed by atoms with Crippen molar-refractivity contribution in [1.29, 1.82) is 0 Å². The van der Waals surface area contributed by atoms with Crippen LogP contribution in [0, 0.1) is 10.1 Å². The van der Waals surface area contributed by atoms with Gasteiger partial charge in [0.05, 0.1) is 12.0 Å². The molecular formula is C20H23N3O4. The van der Waals surface area contributed by atoms with Crippen molar-refractivity contribution in [3.63, 3.8) is 0 Å². The highest BCUT2D eigenvalue weighted by molar-refractivity contribution is 5.95. The minimum Gasteiger partial charge on any atom is -0.490 e. The van der Waals surface area contributed by atoms with E-state index in [-0.39, 0.29) is 22.9 Å². The molecule has 0 N–H and O–H groups in total. The molecule has 7 nitrogen and oxygen atoms in total. The highest BCUT2D eigenvalue weighted by Crippen LogP contribution is 2.29. The monoisotopic (exact) mass is 369 g/mol. The average Bonchev–Trinajstić information content (AvgIpc) is 3.21. The van der Waals surface area contributed by atoms with Crippen LogP contribution in [0.5, 0.6) is 5.75 Å². The third-order valence-corrected chi connectivity index (χ3v) is 4.82. The molecule has 0 aliphatic carbocycles. The zero-order valence-corrected chi connectivity index (χ0v) is 15.6. The van der Waals surface area contributed by atoms with Gasteiger partial charge in [0, 0.05) is 44.0 Å². The minimum absolute atomic E-state index is 0.138. The first-order chi connectivity index (χ1) is 13.0. The summed E-state index contributed by atoms with van der Waals surface area (Å²) in [6.45, 7) is 2.49. The Morgan fingerprint density at radius 1 is 1.22 bits per heavy atom. The Kier molecular flexibility index (Phi) is 5.59. The van der Waals surface area contributed by atoms with E-state index in [0.717, 1.165) is 24.3 Å². The van der Waals surface area contributed by atoms with Crippen LogP contribution in [0.25, 0.3) is 0 Å². The summed E-state index contributed by atoms with van der Waals surface area (Å²) < 4.78 is 5.00. The van der Waals surface area contributed by atoms with Gasteiger partial charge in [-0.15, -0.1) is 0 Å². The Hall–Kier alpha value is -3.09. The summed E-state index contributed by atoms with van der Waals surface area (Å²) in [5.41, 5.74) is 2.27. The smallest absolute Gasteiger partial charge is 0.311 e. The van der Waals surface area contributed by atoms with E-state index < -0.39 is 4.92 Å². The van der Waals surface area contributed by atoms with Gasteiger partial charge in [-0.25, -0.2) is 0 Å². The molecule has 0 unspecified atom stereocenters. The third-order valence-electron chi connectivity index (χ3n) is 4.82. The van der Waals surface area contributed by atoms with Gasteiger partial charge in [0.2, 0.25) is 0 Å². The summed E-state index contributed by atoms with van der Waals surface area (Å²) in [5.74, 6) is -0.129. The second-order valence-corrected chi connectivity index (χ2v) is 6.63. The fourth-order valence-electron chi connectivity index (χ4n) is 3.42. The molecule has 0 bridgehead atoms. The lowest BCUT2D eigenvalue weighted by Gasteiger charge is -2.24. The maximum absolute atomic E-state index is 12.8. The molecule has 27 heavy (non-hydrogen) atoms. The van der Waals surface area contributed by atoms with Crippen LogP contribution in [0.2, 0.25) is 0 Å². The summed E-state index contributed by atoms with van der Waals surface area (Å²) in [6.07, 6.45) is 2.36. The highest BCUT2D eigenvalue weighted by atomic mass is 16.6. The van der Waals surface area contributed by atoms with Crippen molar-refractivity contribution in [2.75, 3.05) is 32.1 Å². The van der Waals surface area contributed by atoms with Gasteiger partial charge in [0.25, 0.3) is 5.91 Å². The minimum atomic E-state index is -0.543. The van der Waals surface area contributed by atoms with Gasteiger partial charge in [-0.2, -0.15) is 0 Å². The molecule has 1 aliphatic rings. The van der Waals surface area contributed by atoms with Crippen molar-refractivity contribution in [2.24, 2.45) is 0 Å². The molecule has 0 aromatic heterocycles. The standard InChI is InChI=1S/C20H23N3O4/c1-21(14-16-7-3-4-8-17(16)22-11-5-6-12-22)20(24)15-9-10-19(27-2)18(13-15)23(25)26/h3-4,7-10,13H,5-6,11-12,14H2,1-2H3. The lowest BCUT2D eigenvalue weighted by molar-refractivity contribution is -0.385. The summed E-state index contributed by atoms with van der Waals surface area (Å²) in [6, 6.07) is 12.3. The predicted octanol–water partition coefficient (Wildman–Crippen LogP) is 3.48. The van der Waals surface area contributed by atoms with Crippen LogP contribution in [0.1, 0.15) is 28.8 Å². The van der Waals surface area contributed by atoms with Crippen molar-refractivity contribution >= 4 is 17.3 Å². The Morgan fingerprint density at radius 2 is 1.93 bits per heavy atom. The van der Waals surface area contributed by atoms with Crippen LogP contribution in [0.15, 0.2) is 42.5 Å². The lowest BCUT2D eigenvalue weighted by Crippen LogP contribution is -2.28. The predicted molar refractivity (Wildman–Crippen MR) is 103 cm³/mol. The number of nitrogens with zero attached hydrogens (tertiary/aromatic N) is 3. The molecule has 2 aromatic carbocycles. The number of benzene rings is 2. The lowest BCUT2D eigenvalue weighted by atomic mass is 10.1. The second kappa shape index (κ2) is 8.07. The van der Waals surface area contributed by atoms with E-state index in [1.165, 1.54) is 32.1 Å². The van der Waals surface area contributed by atoms with Crippen LogP contribution in [-0.2, 0) is 6.54 Å². The topological polar surface area (TPSA) is 75.9 Å². The molecule has 1 saturated heterocycles. The maximum Gasteiger partial charge on any atom is 0.311 e. The van der Waals surface area contributed by atoms with Crippen LogP contribution < -0.4 is 9.64 Å². The number of methoxy groups -OCH3 is 1. The van der Waals surface area contributed by atoms with Crippen molar-refractivity contribution in [1.82, 2.24) is 4.90 Å². The van der Waals surface area contributed by atoms with E-state index >= 15 is 0 Å². The molecule has 1 heterocycles. The quantitative estimate of drug-likeness (QED) is 0.576. The normalized spacial score (nSPS) is 13.5. The number of rotatable bonds is 6. The molecule has 0 atom stereocenters. The van der Waals surface area contributed by atoms with E-state index in [2.05, 4.69) is 11.0 Å². The number of hydrogen-bond acceptors (Lipinski definition) is 5. The number of carbonyl (C=O) groups excluding carboxylic acids is 1. The zero-order valence-electron chi connectivity index (χ0n) is 15.6. The molecule has 2 aromatic rings. The van der Waals surface area contributed by atoms with Crippen molar-refractivity contribution in [2.45, 2.75) is 19.4 Å². The number of nitro benzene ring substituents is 1. The summed E-state index contributed by atoms with van der Waals surface area (Å²) in [5, 5.41) is 11.2. The number of amides is 1. The highest BCUT2D eigenvalue weighted by Gasteiger charge is 2.22. The van der Waals surface area contributed by atoms with Crippen LogP contribution in [-0.4, -0.2) is 43.0 Å². The molecule has 0 spiro atoms. The SMILES string of the molecule is COc1ccc(C(=O)N(C)Cc2ccccc2N2CCCC2)cc1[N+](=O)[O-]. The van der Waals surface area contributed by atoms with Crippen LogP contribution in [0.4, 0.5) is 11.4 Å². The largest absolute Gasteiger partial charge is 0.490 e. The van der Waals surface area contributed by atoms with E-state index in [1.54, 1.807) is 18.0 Å². The van der Waals surface area contributed by atoms with Gasteiger partial charge < -0.3 is 14.5 Å². The third kappa shape index (κ3) is 4.02. The van der Waals surface area contributed by atoms with Crippen molar-refractivity contribution in [3.05, 3.63) is 63.7 Å². The first-order valence-corrected chi connectivity index (χ1v) is 8.92. The van der Waals surface area contributed by atoms with Gasteiger partial charge in [-0.1, -0.05) is 18.2 Å². The zero-order chi connectivity index (χ0) is 19.4. The number of anilines is 1. The number of ether oxygens (including phenoxy) is 1.